The Bertz CT molecular complexity index is 766. The predicted octanol–water partition coefficient (Wildman–Crippen LogP) is 3.28. The molecular formula is C16H18N4OS. The normalized spacial score (nSPS) is 13.5. The molecule has 0 saturated heterocycles. The Morgan fingerprint density at radius 3 is 2.95 bits per heavy atom. The third-order valence-electron chi connectivity index (χ3n) is 4.03. The van der Waals surface area contributed by atoms with Gasteiger partial charge in [0.05, 0.1) is 16.8 Å². The number of aryl methyl sites for hydroxylation is 3. The number of nitrogens with one attached hydrogen (secondary N) is 1. The molecule has 0 saturated carbocycles. The van der Waals surface area contributed by atoms with Gasteiger partial charge in [-0.05, 0) is 45.1 Å². The summed E-state index contributed by atoms with van der Waals surface area (Å²) in [4.78, 5) is 13.7. The lowest BCUT2D eigenvalue weighted by Crippen LogP contribution is -2.12. The summed E-state index contributed by atoms with van der Waals surface area (Å²) in [6.07, 6.45) is 5.99. The van der Waals surface area contributed by atoms with Gasteiger partial charge in [-0.3, -0.25) is 9.48 Å². The first-order valence-corrected chi connectivity index (χ1v) is 8.35. The maximum Gasteiger partial charge on any atom is 0.259 e. The van der Waals surface area contributed by atoms with Gasteiger partial charge in [0.2, 0.25) is 0 Å². The molecule has 0 unspecified atom stereocenters. The Hall–Kier alpha value is -2.13. The van der Waals surface area contributed by atoms with Crippen LogP contribution in [0.4, 0.5) is 5.00 Å². The van der Waals surface area contributed by atoms with Crippen molar-refractivity contribution in [2.45, 2.75) is 46.1 Å². The van der Waals surface area contributed by atoms with E-state index >= 15 is 0 Å². The molecule has 1 amide bonds. The van der Waals surface area contributed by atoms with Crippen LogP contribution in [0.2, 0.25) is 0 Å². The van der Waals surface area contributed by atoms with Gasteiger partial charge in [-0.2, -0.15) is 10.4 Å². The van der Waals surface area contributed by atoms with Gasteiger partial charge in [0.15, 0.2) is 0 Å². The van der Waals surface area contributed by atoms with E-state index in [4.69, 9.17) is 0 Å². The summed E-state index contributed by atoms with van der Waals surface area (Å²) >= 11 is 1.55. The summed E-state index contributed by atoms with van der Waals surface area (Å²) in [5.74, 6) is -0.188. The molecule has 22 heavy (non-hydrogen) atoms. The Morgan fingerprint density at radius 1 is 1.50 bits per heavy atom. The number of hydrogen-bond acceptors (Lipinski definition) is 4. The molecule has 0 bridgehead atoms. The van der Waals surface area contributed by atoms with Crippen molar-refractivity contribution in [1.29, 1.82) is 5.26 Å². The van der Waals surface area contributed by atoms with Crippen molar-refractivity contribution in [2.75, 3.05) is 5.32 Å². The van der Waals surface area contributed by atoms with Crippen molar-refractivity contribution in [3.8, 4) is 6.07 Å². The van der Waals surface area contributed by atoms with Crippen molar-refractivity contribution in [3.63, 3.8) is 0 Å². The molecule has 0 atom stereocenters. The first-order chi connectivity index (χ1) is 10.6. The zero-order valence-electron chi connectivity index (χ0n) is 12.8. The molecule has 3 rings (SSSR count). The predicted molar refractivity (Wildman–Crippen MR) is 86.3 cm³/mol. The zero-order valence-corrected chi connectivity index (χ0v) is 13.6. The van der Waals surface area contributed by atoms with Gasteiger partial charge in [0.25, 0.3) is 5.91 Å². The lowest BCUT2D eigenvalue weighted by atomic mass is 9.96. The number of nitrogens with zero attached hydrogens (tertiary/aromatic N) is 3. The van der Waals surface area contributed by atoms with E-state index in [1.165, 1.54) is 4.88 Å². The van der Waals surface area contributed by atoms with E-state index in [2.05, 4.69) is 16.5 Å². The SMILES string of the molecule is CCn1cc(C(=O)Nc2sc3c(c2C#N)CCCC3)c(C)n1. The number of rotatable bonds is 3. The molecule has 1 aliphatic rings. The van der Waals surface area contributed by atoms with Crippen molar-refractivity contribution in [1.82, 2.24) is 9.78 Å². The average molecular weight is 314 g/mol. The number of thiophene rings is 1. The molecule has 114 valence electrons. The topological polar surface area (TPSA) is 70.7 Å². The molecule has 0 radical (unpaired) electrons. The van der Waals surface area contributed by atoms with Crippen LogP contribution in [0, 0.1) is 18.3 Å². The minimum absolute atomic E-state index is 0.188. The fraction of sp³-hybridized carbons (Fsp3) is 0.438. The van der Waals surface area contributed by atoms with Crippen molar-refractivity contribution in [2.24, 2.45) is 0 Å². The molecule has 0 fully saturated rings. The summed E-state index contributed by atoms with van der Waals surface area (Å²) in [5.41, 5.74) is 3.06. The van der Waals surface area contributed by atoms with Crippen molar-refractivity contribution >= 4 is 22.2 Å². The summed E-state index contributed by atoms with van der Waals surface area (Å²) < 4.78 is 1.74. The summed E-state index contributed by atoms with van der Waals surface area (Å²) in [6.45, 7) is 4.53. The lowest BCUT2D eigenvalue weighted by molar-refractivity contribution is 0.102. The summed E-state index contributed by atoms with van der Waals surface area (Å²) in [7, 11) is 0. The second kappa shape index (κ2) is 5.93. The Labute approximate surface area is 133 Å². The van der Waals surface area contributed by atoms with E-state index < -0.39 is 0 Å². The first-order valence-electron chi connectivity index (χ1n) is 7.54. The van der Waals surface area contributed by atoms with Gasteiger partial charge in [-0.15, -0.1) is 11.3 Å². The van der Waals surface area contributed by atoms with E-state index in [0.29, 0.717) is 21.8 Å². The van der Waals surface area contributed by atoms with Crippen LogP contribution >= 0.6 is 11.3 Å². The molecule has 1 N–H and O–H groups in total. The fourth-order valence-corrected chi connectivity index (χ4v) is 4.08. The van der Waals surface area contributed by atoms with Gasteiger partial charge < -0.3 is 5.32 Å². The van der Waals surface area contributed by atoms with Crippen molar-refractivity contribution < 1.29 is 4.79 Å². The Kier molecular flexibility index (Phi) is 3.99. The van der Waals surface area contributed by atoms with Crippen molar-refractivity contribution in [3.05, 3.63) is 33.5 Å². The molecule has 0 aliphatic heterocycles. The van der Waals surface area contributed by atoms with E-state index in [1.54, 1.807) is 22.2 Å². The van der Waals surface area contributed by atoms with Crippen LogP contribution in [0.5, 0.6) is 0 Å². The third kappa shape index (κ3) is 2.53. The minimum Gasteiger partial charge on any atom is -0.312 e. The molecule has 0 spiro atoms. The second-order valence-electron chi connectivity index (χ2n) is 5.46. The highest BCUT2D eigenvalue weighted by Gasteiger charge is 2.23. The number of aromatic nitrogens is 2. The fourth-order valence-electron chi connectivity index (χ4n) is 2.85. The molecular weight excluding hydrogens is 296 g/mol. The monoisotopic (exact) mass is 314 g/mol. The molecule has 5 nitrogen and oxygen atoms in total. The van der Waals surface area contributed by atoms with Crippen LogP contribution in [0.15, 0.2) is 6.20 Å². The second-order valence-corrected chi connectivity index (χ2v) is 6.57. The van der Waals surface area contributed by atoms with E-state index in [1.807, 2.05) is 13.8 Å². The lowest BCUT2D eigenvalue weighted by Gasteiger charge is -2.09. The van der Waals surface area contributed by atoms with Gasteiger partial charge in [0.1, 0.15) is 11.1 Å². The quantitative estimate of drug-likeness (QED) is 0.945. The average Bonchev–Trinajstić information content (AvgIpc) is 3.06. The van der Waals surface area contributed by atoms with E-state index in [9.17, 15) is 10.1 Å². The van der Waals surface area contributed by atoms with Gasteiger partial charge in [-0.25, -0.2) is 0 Å². The largest absolute Gasteiger partial charge is 0.312 e. The van der Waals surface area contributed by atoms with Gasteiger partial charge >= 0.3 is 0 Å². The number of amides is 1. The summed E-state index contributed by atoms with van der Waals surface area (Å²) in [5, 5.41) is 17.3. The Morgan fingerprint density at radius 2 is 2.27 bits per heavy atom. The molecule has 1 aliphatic carbocycles. The van der Waals surface area contributed by atoms with Crippen LogP contribution in [0.25, 0.3) is 0 Å². The number of carbonyl (C=O) groups excluding carboxylic acids is 1. The molecule has 2 aromatic heterocycles. The molecule has 6 heteroatoms. The van der Waals surface area contributed by atoms with Gasteiger partial charge in [-0.1, -0.05) is 0 Å². The maximum atomic E-state index is 12.5. The van der Waals surface area contributed by atoms with Crippen LogP contribution in [0.1, 0.15) is 51.8 Å². The smallest absolute Gasteiger partial charge is 0.259 e. The first kappa shape index (κ1) is 14.8. The number of carbonyl (C=O) groups is 1. The minimum atomic E-state index is -0.188. The summed E-state index contributed by atoms with van der Waals surface area (Å²) in [6, 6.07) is 2.27. The highest BCUT2D eigenvalue weighted by Crippen LogP contribution is 2.37. The van der Waals surface area contributed by atoms with E-state index in [-0.39, 0.29) is 5.91 Å². The van der Waals surface area contributed by atoms with Crippen LogP contribution in [-0.2, 0) is 19.4 Å². The third-order valence-corrected chi connectivity index (χ3v) is 5.23. The number of nitriles is 1. The zero-order chi connectivity index (χ0) is 15.7. The van der Waals surface area contributed by atoms with Crippen LogP contribution < -0.4 is 5.32 Å². The number of anilines is 1. The van der Waals surface area contributed by atoms with Crippen LogP contribution in [0.3, 0.4) is 0 Å². The highest BCUT2D eigenvalue weighted by atomic mass is 32.1. The van der Waals surface area contributed by atoms with Gasteiger partial charge in [0, 0.05) is 17.6 Å². The molecule has 0 aromatic carbocycles. The maximum absolute atomic E-state index is 12.5. The number of fused-ring (bicyclic) bond motifs is 1. The standard InChI is InChI=1S/C16H18N4OS/c1-3-20-9-13(10(2)19-20)15(21)18-16-12(8-17)11-6-4-5-7-14(11)22-16/h9H,3-7H2,1-2H3,(H,18,21). The number of hydrogen-bond donors (Lipinski definition) is 1. The van der Waals surface area contributed by atoms with Crippen LogP contribution in [-0.4, -0.2) is 15.7 Å². The Balaban J connectivity index is 1.89. The molecule has 2 heterocycles. The molecule has 2 aromatic rings. The highest BCUT2D eigenvalue weighted by molar-refractivity contribution is 7.16. The van der Waals surface area contributed by atoms with E-state index in [0.717, 1.165) is 37.8 Å².